The van der Waals surface area contributed by atoms with E-state index in [1.54, 1.807) is 24.5 Å². The van der Waals surface area contributed by atoms with Crippen LogP contribution in [0.1, 0.15) is 42.4 Å². The Hall–Kier alpha value is -4.61. The molecule has 0 radical (unpaired) electrons. The number of phenols is 1. The second-order valence-corrected chi connectivity index (χ2v) is 12.4. The number of aromatic hydroxyl groups is 1. The molecule has 0 spiro atoms. The van der Waals surface area contributed by atoms with Gasteiger partial charge < -0.3 is 29.7 Å². The van der Waals surface area contributed by atoms with E-state index >= 15 is 0 Å². The summed E-state index contributed by atoms with van der Waals surface area (Å²) in [7, 11) is 1.69. The van der Waals surface area contributed by atoms with Crippen molar-refractivity contribution >= 4 is 39.3 Å². The molecule has 0 aliphatic carbocycles. The molecule has 2 aliphatic rings. The Labute approximate surface area is 271 Å². The molecule has 3 heterocycles. The van der Waals surface area contributed by atoms with Crippen LogP contribution >= 0.6 is 11.3 Å². The molecule has 4 aromatic rings. The van der Waals surface area contributed by atoms with Crippen molar-refractivity contribution in [1.82, 2.24) is 9.80 Å². The van der Waals surface area contributed by atoms with Crippen molar-refractivity contribution in [2.24, 2.45) is 0 Å². The molecule has 1 aromatic heterocycles. The third-order valence-corrected chi connectivity index (χ3v) is 9.46. The first kappa shape index (κ1) is 32.8. The molecule has 2 saturated heterocycles. The highest BCUT2D eigenvalue weighted by Gasteiger charge is 2.22. The molecule has 0 atom stereocenters. The lowest BCUT2D eigenvalue weighted by molar-refractivity contribution is -0.159. The Balaban J connectivity index is 0.000000635. The van der Waals surface area contributed by atoms with Crippen molar-refractivity contribution in [3.8, 4) is 27.7 Å². The van der Waals surface area contributed by atoms with Crippen LogP contribution < -0.4 is 9.47 Å². The number of rotatable bonds is 10. The van der Waals surface area contributed by atoms with Gasteiger partial charge >= 0.3 is 11.9 Å². The third kappa shape index (κ3) is 8.15. The monoisotopic (exact) mass is 646 g/mol. The van der Waals surface area contributed by atoms with Gasteiger partial charge in [0.2, 0.25) is 5.91 Å². The normalized spacial score (nSPS) is 14.7. The van der Waals surface area contributed by atoms with Gasteiger partial charge in [0.05, 0.1) is 7.11 Å². The Bertz CT molecular complexity index is 1680. The summed E-state index contributed by atoms with van der Waals surface area (Å²) in [6.07, 6.45) is 4.87. The van der Waals surface area contributed by atoms with Crippen LogP contribution in [0.2, 0.25) is 0 Å². The van der Waals surface area contributed by atoms with Gasteiger partial charge in [-0.1, -0.05) is 12.1 Å². The molecule has 242 valence electrons. The number of ether oxygens (including phenoxy) is 2. The van der Waals surface area contributed by atoms with Crippen LogP contribution in [0.5, 0.6) is 17.2 Å². The minimum Gasteiger partial charge on any atom is -0.508 e. The molecule has 6 rings (SSSR count). The van der Waals surface area contributed by atoms with Gasteiger partial charge in [0, 0.05) is 41.2 Å². The van der Waals surface area contributed by atoms with Crippen LogP contribution in [0.15, 0.2) is 60.7 Å². The molecule has 3 N–H and O–H groups in total. The number of benzene rings is 3. The van der Waals surface area contributed by atoms with E-state index < -0.39 is 11.9 Å². The number of carbonyl (C=O) groups is 3. The molecule has 46 heavy (non-hydrogen) atoms. The van der Waals surface area contributed by atoms with Gasteiger partial charge in [-0.3, -0.25) is 9.69 Å². The second kappa shape index (κ2) is 15.1. The number of hydrogen-bond acceptors (Lipinski definition) is 8. The van der Waals surface area contributed by atoms with E-state index in [-0.39, 0.29) is 11.7 Å². The lowest BCUT2D eigenvalue weighted by Crippen LogP contribution is -2.25. The highest BCUT2D eigenvalue weighted by molar-refractivity contribution is 7.22. The van der Waals surface area contributed by atoms with E-state index in [1.807, 2.05) is 17.0 Å². The molecule has 0 saturated carbocycles. The van der Waals surface area contributed by atoms with Crippen molar-refractivity contribution in [1.29, 1.82) is 0 Å². The van der Waals surface area contributed by atoms with Gasteiger partial charge in [-0.25, -0.2) is 9.59 Å². The highest BCUT2D eigenvalue weighted by Crippen LogP contribution is 2.42. The minimum absolute atomic E-state index is 0.215. The summed E-state index contributed by atoms with van der Waals surface area (Å²) >= 11 is 1.70. The van der Waals surface area contributed by atoms with Gasteiger partial charge in [-0.2, -0.15) is 0 Å². The Morgan fingerprint density at radius 2 is 1.65 bits per heavy atom. The van der Waals surface area contributed by atoms with E-state index in [4.69, 9.17) is 29.3 Å². The van der Waals surface area contributed by atoms with E-state index in [0.717, 1.165) is 64.2 Å². The van der Waals surface area contributed by atoms with Gasteiger partial charge in [0.1, 0.15) is 23.9 Å². The number of likely N-dealkylation sites (tertiary alicyclic amines) is 2. The summed E-state index contributed by atoms with van der Waals surface area (Å²) in [6.45, 7) is 5.43. The second-order valence-electron chi connectivity index (χ2n) is 11.4. The number of aliphatic carboxylic acids is 2. The number of thiophene rings is 1. The fourth-order valence-electron chi connectivity index (χ4n) is 5.86. The quantitative estimate of drug-likeness (QED) is 0.187. The Kier molecular flexibility index (Phi) is 10.8. The van der Waals surface area contributed by atoms with Gasteiger partial charge in [0.15, 0.2) is 0 Å². The maximum atomic E-state index is 12.2. The first-order chi connectivity index (χ1) is 22.2. The smallest absolute Gasteiger partial charge is 0.414 e. The maximum Gasteiger partial charge on any atom is 0.414 e. The largest absolute Gasteiger partial charge is 0.508 e. The van der Waals surface area contributed by atoms with Gasteiger partial charge in [0.25, 0.3) is 0 Å². The summed E-state index contributed by atoms with van der Waals surface area (Å²) in [6, 6.07) is 20.3. The zero-order chi connectivity index (χ0) is 32.6. The number of carbonyl (C=O) groups excluding carboxylic acids is 1. The van der Waals surface area contributed by atoms with E-state index in [9.17, 15) is 9.90 Å². The van der Waals surface area contributed by atoms with Crippen LogP contribution in [-0.2, 0) is 27.3 Å². The summed E-state index contributed by atoms with van der Waals surface area (Å²) in [5.74, 6) is -1.46. The van der Waals surface area contributed by atoms with E-state index in [2.05, 4.69) is 47.4 Å². The first-order valence-electron chi connectivity index (χ1n) is 15.3. The number of carboxylic acid groups (broad SMARTS) is 2. The fraction of sp³-hybridized carbons (Fsp3) is 0.343. The van der Waals surface area contributed by atoms with Gasteiger partial charge in [-0.05, 0) is 109 Å². The molecule has 3 aromatic carbocycles. The predicted molar refractivity (Wildman–Crippen MR) is 176 cm³/mol. The zero-order valence-corrected chi connectivity index (χ0v) is 26.6. The summed E-state index contributed by atoms with van der Waals surface area (Å²) in [5.41, 5.74) is 4.54. The number of methoxy groups -OCH3 is 1. The zero-order valence-electron chi connectivity index (χ0n) is 25.7. The molecule has 0 bridgehead atoms. The average molecular weight is 647 g/mol. The standard InChI is InChI=1S/C33H36N2O4S.C2H2O4/c1-38-30-20-23(6-7-25(30)22-35-16-4-5-32(35)37)19-29-28-13-10-26(36)21-31(28)40-33(29)24-8-11-27(12-9-24)39-18-17-34-14-2-3-15-34;3-1(4)2(5)6/h6-13,20-21,36H,2-5,14-19,22H2,1H3;(H,3,4)(H,5,6). The van der Waals surface area contributed by atoms with Crippen LogP contribution in [0.25, 0.3) is 20.5 Å². The van der Waals surface area contributed by atoms with Crippen molar-refractivity contribution in [3.63, 3.8) is 0 Å². The van der Waals surface area contributed by atoms with E-state index in [0.29, 0.717) is 19.6 Å². The molecular formula is C35H38N2O8S. The maximum absolute atomic E-state index is 12.2. The summed E-state index contributed by atoms with van der Waals surface area (Å²) < 4.78 is 12.9. The first-order valence-corrected chi connectivity index (χ1v) is 16.1. The summed E-state index contributed by atoms with van der Waals surface area (Å²) in [4.78, 5) is 35.9. The number of hydrogen-bond donors (Lipinski definition) is 3. The number of carboxylic acids is 2. The Morgan fingerprint density at radius 3 is 2.30 bits per heavy atom. The molecule has 1 amide bonds. The number of fused-ring (bicyclic) bond motifs is 1. The fourth-order valence-corrected chi connectivity index (χ4v) is 7.12. The van der Waals surface area contributed by atoms with Crippen LogP contribution in [-0.4, -0.2) is 82.9 Å². The molecule has 10 nitrogen and oxygen atoms in total. The number of amides is 1. The number of nitrogens with zero attached hydrogens (tertiary/aromatic N) is 2. The molecule has 2 aliphatic heterocycles. The molecule has 0 unspecified atom stereocenters. The van der Waals surface area contributed by atoms with Gasteiger partial charge in [-0.15, -0.1) is 11.3 Å². The highest BCUT2D eigenvalue weighted by atomic mass is 32.1. The van der Waals surface area contributed by atoms with E-state index in [1.165, 1.54) is 36.4 Å². The van der Waals surface area contributed by atoms with Crippen molar-refractivity contribution in [3.05, 3.63) is 77.4 Å². The molecule has 11 heteroatoms. The minimum atomic E-state index is -1.82. The topological polar surface area (TPSA) is 137 Å². The molecular weight excluding hydrogens is 608 g/mol. The lowest BCUT2D eigenvalue weighted by atomic mass is 9.97. The van der Waals surface area contributed by atoms with Crippen LogP contribution in [0, 0.1) is 0 Å². The van der Waals surface area contributed by atoms with Crippen molar-refractivity contribution in [2.75, 3.05) is 39.9 Å². The van der Waals surface area contributed by atoms with Crippen molar-refractivity contribution < 1.29 is 39.2 Å². The summed E-state index contributed by atoms with van der Waals surface area (Å²) in [5, 5.41) is 26.1. The lowest BCUT2D eigenvalue weighted by Gasteiger charge is -2.18. The average Bonchev–Trinajstić information content (AvgIpc) is 3.79. The molecule has 2 fully saturated rings. The third-order valence-electron chi connectivity index (χ3n) is 8.22. The predicted octanol–water partition coefficient (Wildman–Crippen LogP) is 5.63. The SMILES string of the molecule is COc1cc(Cc2c(-c3ccc(OCCN4CCCC4)cc3)sc3cc(O)ccc23)ccc1CN1CCCC1=O.O=C(O)C(=O)O. The number of phenolic OH excluding ortho intramolecular Hbond substituents is 1. The van der Waals surface area contributed by atoms with Crippen LogP contribution in [0.4, 0.5) is 0 Å². The van der Waals surface area contributed by atoms with Crippen molar-refractivity contribution in [2.45, 2.75) is 38.6 Å². The van der Waals surface area contributed by atoms with Crippen LogP contribution in [0.3, 0.4) is 0 Å². The Morgan fingerprint density at radius 1 is 0.913 bits per heavy atom.